The van der Waals surface area contributed by atoms with E-state index in [9.17, 15) is 18.3 Å². The van der Waals surface area contributed by atoms with Crippen molar-refractivity contribution in [2.45, 2.75) is 32.8 Å². The average Bonchev–Trinajstić information content (AvgIpc) is 2.63. The van der Waals surface area contributed by atoms with Crippen LogP contribution in [0.2, 0.25) is 0 Å². The van der Waals surface area contributed by atoms with Crippen molar-refractivity contribution in [3.63, 3.8) is 0 Å². The minimum atomic E-state index is -3.53. The molecule has 0 radical (unpaired) electrons. The molecule has 0 saturated carbocycles. The van der Waals surface area contributed by atoms with Crippen LogP contribution < -0.4 is 8.92 Å². The van der Waals surface area contributed by atoms with Crippen LogP contribution in [0.3, 0.4) is 0 Å². The Morgan fingerprint density at radius 1 is 1.10 bits per heavy atom. The van der Waals surface area contributed by atoms with E-state index in [0.717, 1.165) is 28.7 Å². The van der Waals surface area contributed by atoms with Crippen LogP contribution in [-0.4, -0.2) is 45.1 Å². The maximum absolute atomic E-state index is 11.2. The molecule has 0 amide bonds. The zero-order valence-electron chi connectivity index (χ0n) is 16.8. The van der Waals surface area contributed by atoms with Gasteiger partial charge in [0.25, 0.3) is 0 Å². The summed E-state index contributed by atoms with van der Waals surface area (Å²) in [5, 5.41) is 9.20. The quantitative estimate of drug-likeness (QED) is 0.556. The van der Waals surface area contributed by atoms with E-state index >= 15 is 0 Å². The maximum Gasteiger partial charge on any atom is 0.333 e. The second-order valence-electron chi connectivity index (χ2n) is 6.62. The molecule has 0 fully saturated rings. The molecule has 0 bridgehead atoms. The van der Waals surface area contributed by atoms with Crippen molar-refractivity contribution < 1.29 is 32.0 Å². The fraction of sp³-hybridized carbons (Fsp3) is 0.381. The summed E-state index contributed by atoms with van der Waals surface area (Å²) < 4.78 is 38.1. The number of carboxylic acid groups (broad SMARTS) is 1. The lowest BCUT2D eigenvalue weighted by molar-refractivity contribution is -0.149. The first kappa shape index (κ1) is 22.7. The highest BCUT2D eigenvalue weighted by Crippen LogP contribution is 2.21. The van der Waals surface area contributed by atoms with Crippen LogP contribution >= 0.6 is 0 Å². The van der Waals surface area contributed by atoms with Gasteiger partial charge in [0.15, 0.2) is 6.10 Å². The fourth-order valence-corrected chi connectivity index (χ4v) is 3.26. The van der Waals surface area contributed by atoms with E-state index in [4.69, 9.17) is 13.7 Å². The van der Waals surface area contributed by atoms with Gasteiger partial charge in [-0.05, 0) is 48.7 Å². The monoisotopic (exact) mass is 422 g/mol. The van der Waals surface area contributed by atoms with Crippen molar-refractivity contribution in [3.05, 3.63) is 59.2 Å². The SMILES string of the molecule is CCOC(Cc1ccc(OCCc2ccc(OS(C)(=O)=O)cc2)c(C)c1)C(=O)O. The molecule has 0 saturated heterocycles. The van der Waals surface area contributed by atoms with E-state index in [2.05, 4.69) is 0 Å². The van der Waals surface area contributed by atoms with Crippen molar-refractivity contribution in [2.75, 3.05) is 19.5 Å². The summed E-state index contributed by atoms with van der Waals surface area (Å²) in [6.07, 6.45) is 1.08. The highest BCUT2D eigenvalue weighted by Gasteiger charge is 2.18. The standard InChI is InChI=1S/C21H26O7S/c1-4-26-20(21(22)23)14-17-7-10-19(15(2)13-17)27-12-11-16-5-8-18(9-6-16)28-29(3,24)25/h5-10,13,20H,4,11-12,14H2,1-3H3,(H,22,23). The summed E-state index contributed by atoms with van der Waals surface area (Å²) >= 11 is 0. The van der Waals surface area contributed by atoms with Crippen LogP contribution in [0, 0.1) is 6.92 Å². The molecule has 1 N–H and O–H groups in total. The molecular formula is C21H26O7S. The normalized spacial score (nSPS) is 12.4. The number of aryl methyl sites for hydroxylation is 1. The van der Waals surface area contributed by atoms with Gasteiger partial charge in [0.1, 0.15) is 11.5 Å². The molecule has 1 atom stereocenters. The number of rotatable bonds is 11. The van der Waals surface area contributed by atoms with Crippen molar-refractivity contribution >= 4 is 16.1 Å². The van der Waals surface area contributed by atoms with Gasteiger partial charge >= 0.3 is 16.1 Å². The molecule has 2 aromatic rings. The Balaban J connectivity index is 1.90. The average molecular weight is 422 g/mol. The van der Waals surface area contributed by atoms with E-state index in [1.807, 2.05) is 25.1 Å². The molecule has 1 unspecified atom stereocenters. The van der Waals surface area contributed by atoms with Gasteiger partial charge in [-0.15, -0.1) is 0 Å². The summed E-state index contributed by atoms with van der Waals surface area (Å²) in [5.74, 6) is 0.0298. The van der Waals surface area contributed by atoms with Gasteiger partial charge in [-0.1, -0.05) is 24.3 Å². The molecule has 0 aliphatic rings. The van der Waals surface area contributed by atoms with Crippen molar-refractivity contribution in [3.8, 4) is 11.5 Å². The summed E-state index contributed by atoms with van der Waals surface area (Å²) in [6, 6.07) is 12.4. The van der Waals surface area contributed by atoms with E-state index in [1.165, 1.54) is 0 Å². The number of aliphatic carboxylic acids is 1. The van der Waals surface area contributed by atoms with Crippen LogP contribution in [0.1, 0.15) is 23.6 Å². The molecule has 7 nitrogen and oxygen atoms in total. The van der Waals surface area contributed by atoms with Crippen LogP contribution in [0.4, 0.5) is 0 Å². The number of benzene rings is 2. The summed E-state index contributed by atoms with van der Waals surface area (Å²) in [7, 11) is -3.53. The van der Waals surface area contributed by atoms with Crippen LogP contribution in [-0.2, 0) is 32.5 Å². The largest absolute Gasteiger partial charge is 0.493 e. The molecule has 2 aromatic carbocycles. The Morgan fingerprint density at radius 2 is 1.76 bits per heavy atom. The van der Waals surface area contributed by atoms with Gasteiger partial charge in [-0.2, -0.15) is 8.42 Å². The second-order valence-corrected chi connectivity index (χ2v) is 8.19. The lowest BCUT2D eigenvalue weighted by Crippen LogP contribution is -2.26. The van der Waals surface area contributed by atoms with Crippen LogP contribution in [0.25, 0.3) is 0 Å². The first-order valence-corrected chi connectivity index (χ1v) is 11.0. The van der Waals surface area contributed by atoms with E-state index < -0.39 is 22.2 Å². The van der Waals surface area contributed by atoms with Gasteiger partial charge < -0.3 is 18.8 Å². The second kappa shape index (κ2) is 10.3. The van der Waals surface area contributed by atoms with Crippen LogP contribution in [0.5, 0.6) is 11.5 Å². The minimum absolute atomic E-state index is 0.273. The van der Waals surface area contributed by atoms with Gasteiger partial charge in [-0.3, -0.25) is 0 Å². The predicted molar refractivity (Wildman–Crippen MR) is 109 cm³/mol. The molecular weight excluding hydrogens is 396 g/mol. The third kappa shape index (κ3) is 7.75. The fourth-order valence-electron chi connectivity index (χ4n) is 2.80. The molecule has 0 aromatic heterocycles. The Morgan fingerprint density at radius 3 is 2.31 bits per heavy atom. The molecule has 0 aliphatic heterocycles. The molecule has 8 heteroatoms. The predicted octanol–water partition coefficient (Wildman–Crippen LogP) is 2.99. The third-order valence-corrected chi connectivity index (χ3v) is 4.62. The van der Waals surface area contributed by atoms with E-state index in [0.29, 0.717) is 26.1 Å². The lowest BCUT2D eigenvalue weighted by atomic mass is 10.0. The van der Waals surface area contributed by atoms with Gasteiger partial charge in [0, 0.05) is 19.4 Å². The van der Waals surface area contributed by atoms with Gasteiger partial charge in [0.2, 0.25) is 0 Å². The smallest absolute Gasteiger partial charge is 0.333 e. The molecule has 0 heterocycles. The first-order chi connectivity index (χ1) is 13.7. The number of hydrogen-bond acceptors (Lipinski definition) is 6. The number of carbonyl (C=O) groups is 1. The Kier molecular flexibility index (Phi) is 8.04. The Labute approximate surface area is 171 Å². The molecule has 29 heavy (non-hydrogen) atoms. The maximum atomic E-state index is 11.2. The van der Waals surface area contributed by atoms with Crippen LogP contribution in [0.15, 0.2) is 42.5 Å². The van der Waals surface area contributed by atoms with E-state index in [-0.39, 0.29) is 5.75 Å². The number of carboxylic acids is 1. The summed E-state index contributed by atoms with van der Waals surface area (Å²) in [6.45, 7) is 4.47. The highest BCUT2D eigenvalue weighted by molar-refractivity contribution is 7.86. The molecule has 2 rings (SSSR count). The topological polar surface area (TPSA) is 99.1 Å². The summed E-state index contributed by atoms with van der Waals surface area (Å²) in [4.78, 5) is 11.2. The zero-order chi connectivity index (χ0) is 21.4. The number of ether oxygens (including phenoxy) is 2. The van der Waals surface area contributed by atoms with Gasteiger partial charge in [-0.25, -0.2) is 4.79 Å². The summed E-state index contributed by atoms with van der Waals surface area (Å²) in [5.41, 5.74) is 2.78. The van der Waals surface area contributed by atoms with Crippen molar-refractivity contribution in [1.29, 1.82) is 0 Å². The third-order valence-electron chi connectivity index (χ3n) is 4.12. The van der Waals surface area contributed by atoms with Gasteiger partial charge in [0.05, 0.1) is 12.9 Å². The Bertz CT molecular complexity index is 921. The molecule has 0 spiro atoms. The van der Waals surface area contributed by atoms with Crippen molar-refractivity contribution in [1.82, 2.24) is 0 Å². The zero-order valence-corrected chi connectivity index (χ0v) is 17.6. The lowest BCUT2D eigenvalue weighted by Gasteiger charge is -2.14. The first-order valence-electron chi connectivity index (χ1n) is 9.23. The Hall–Kier alpha value is -2.58. The number of hydrogen-bond donors (Lipinski definition) is 1. The molecule has 158 valence electrons. The van der Waals surface area contributed by atoms with E-state index in [1.54, 1.807) is 31.2 Å². The molecule has 0 aliphatic carbocycles. The van der Waals surface area contributed by atoms with Crippen molar-refractivity contribution in [2.24, 2.45) is 0 Å². The minimum Gasteiger partial charge on any atom is -0.493 e. The highest BCUT2D eigenvalue weighted by atomic mass is 32.2.